The second-order valence-corrected chi connectivity index (χ2v) is 5.88. The molecule has 2 aromatic carbocycles. The van der Waals surface area contributed by atoms with E-state index in [4.69, 9.17) is 21.0 Å². The van der Waals surface area contributed by atoms with E-state index < -0.39 is 0 Å². The first-order valence-corrected chi connectivity index (χ1v) is 8.22. The number of amidine groups is 1. The van der Waals surface area contributed by atoms with Gasteiger partial charge in [-0.2, -0.15) is 0 Å². The molecule has 1 aromatic heterocycles. The number of benzene rings is 2. The molecule has 0 aliphatic heterocycles. The summed E-state index contributed by atoms with van der Waals surface area (Å²) in [6.45, 7) is 0. The number of nitrogens with zero attached hydrogens (tertiary/aromatic N) is 3. The number of aliphatic imine (C=N–C) groups is 1. The Kier molecular flexibility index (Phi) is 5.80. The molecule has 0 radical (unpaired) electrons. The summed E-state index contributed by atoms with van der Waals surface area (Å²) in [4.78, 5) is 16.8. The molecule has 0 aliphatic rings. The highest BCUT2D eigenvalue weighted by atomic mass is 35.5. The molecule has 0 bridgehead atoms. The molecule has 0 amide bonds. The molecule has 0 atom stereocenters. The number of ether oxygens (including phenoxy) is 1. The van der Waals surface area contributed by atoms with Crippen LogP contribution in [0.5, 0.6) is 5.75 Å². The van der Waals surface area contributed by atoms with Gasteiger partial charge in [-0.05, 0) is 35.5 Å². The van der Waals surface area contributed by atoms with Crippen LogP contribution in [0.25, 0.3) is 0 Å². The molecule has 27 heavy (non-hydrogen) atoms. The summed E-state index contributed by atoms with van der Waals surface area (Å²) in [6, 6.07) is 13.5. The van der Waals surface area contributed by atoms with Crippen molar-refractivity contribution in [2.75, 3.05) is 7.11 Å². The first-order valence-electron chi connectivity index (χ1n) is 7.84. The number of hydrogen-bond acceptors (Lipinski definition) is 7. The molecule has 0 saturated heterocycles. The number of Topliss-reactive ketones (excluding diaryl/α,β-unsaturated/α-hetero) is 1. The molecular formula is C18H15ClN4O4. The molecule has 8 nitrogen and oxygen atoms in total. The third-order valence-electron chi connectivity index (χ3n) is 3.66. The molecule has 1 heterocycles. The SMILES string of the molecule is COc1cccc(C(=O)Cc2nonc2C(=Nc2cccc(Cl)c2)NO)c1. The second kappa shape index (κ2) is 8.43. The number of hydrogen-bond donors (Lipinski definition) is 2. The van der Waals surface area contributed by atoms with Gasteiger partial charge in [0.25, 0.3) is 0 Å². The van der Waals surface area contributed by atoms with E-state index in [1.54, 1.807) is 48.5 Å². The number of carbonyl (C=O) groups excluding carboxylic acids is 1. The van der Waals surface area contributed by atoms with Crippen LogP contribution in [0.2, 0.25) is 5.02 Å². The van der Waals surface area contributed by atoms with Crippen LogP contribution in [-0.4, -0.2) is 34.2 Å². The van der Waals surface area contributed by atoms with Gasteiger partial charge in [-0.1, -0.05) is 35.0 Å². The maximum absolute atomic E-state index is 12.5. The highest BCUT2D eigenvalue weighted by molar-refractivity contribution is 6.30. The van der Waals surface area contributed by atoms with Crippen molar-refractivity contribution >= 4 is 28.9 Å². The fourth-order valence-corrected chi connectivity index (χ4v) is 2.54. The third-order valence-corrected chi connectivity index (χ3v) is 3.89. The van der Waals surface area contributed by atoms with Crippen molar-refractivity contribution in [1.82, 2.24) is 15.8 Å². The van der Waals surface area contributed by atoms with Gasteiger partial charge in [0.2, 0.25) is 0 Å². The van der Waals surface area contributed by atoms with Gasteiger partial charge in [-0.3, -0.25) is 15.5 Å². The molecule has 0 unspecified atom stereocenters. The van der Waals surface area contributed by atoms with Gasteiger partial charge in [0.1, 0.15) is 11.4 Å². The van der Waals surface area contributed by atoms with Crippen LogP contribution in [0.3, 0.4) is 0 Å². The zero-order valence-corrected chi connectivity index (χ0v) is 15.0. The van der Waals surface area contributed by atoms with Crippen molar-refractivity contribution in [2.24, 2.45) is 4.99 Å². The molecule has 9 heteroatoms. The second-order valence-electron chi connectivity index (χ2n) is 5.44. The maximum Gasteiger partial charge on any atom is 0.182 e. The molecule has 0 spiro atoms. The molecule has 138 valence electrons. The Hall–Kier alpha value is -3.23. The van der Waals surface area contributed by atoms with Gasteiger partial charge < -0.3 is 4.74 Å². The zero-order chi connectivity index (χ0) is 19.2. The first kappa shape index (κ1) is 18.6. The van der Waals surface area contributed by atoms with Crippen molar-refractivity contribution in [3.05, 3.63) is 70.5 Å². The molecule has 2 N–H and O–H groups in total. The summed E-state index contributed by atoms with van der Waals surface area (Å²) in [5, 5.41) is 17.4. The van der Waals surface area contributed by atoms with Crippen LogP contribution in [0.15, 0.2) is 58.2 Å². The number of nitrogens with one attached hydrogen (secondary N) is 1. The molecule has 3 aromatic rings. The van der Waals surface area contributed by atoms with Crippen LogP contribution in [0.4, 0.5) is 5.69 Å². The summed E-state index contributed by atoms with van der Waals surface area (Å²) < 4.78 is 9.86. The van der Waals surface area contributed by atoms with Crippen molar-refractivity contribution in [3.8, 4) is 5.75 Å². The lowest BCUT2D eigenvalue weighted by molar-refractivity contribution is 0.0990. The number of rotatable bonds is 6. The van der Waals surface area contributed by atoms with E-state index in [-0.39, 0.29) is 29.4 Å². The Bertz CT molecular complexity index is 987. The first-order chi connectivity index (χ1) is 13.1. The van der Waals surface area contributed by atoms with Crippen molar-refractivity contribution in [3.63, 3.8) is 0 Å². The molecule has 0 fully saturated rings. The van der Waals surface area contributed by atoms with Crippen LogP contribution >= 0.6 is 11.6 Å². The van der Waals surface area contributed by atoms with Crippen molar-refractivity contribution < 1.29 is 19.4 Å². The number of ketones is 1. The van der Waals surface area contributed by atoms with Gasteiger partial charge in [0.15, 0.2) is 17.3 Å². The fourth-order valence-electron chi connectivity index (χ4n) is 2.36. The van der Waals surface area contributed by atoms with E-state index in [9.17, 15) is 10.0 Å². The highest BCUT2D eigenvalue weighted by Gasteiger charge is 2.20. The summed E-state index contributed by atoms with van der Waals surface area (Å²) >= 11 is 5.94. The van der Waals surface area contributed by atoms with E-state index >= 15 is 0 Å². The maximum atomic E-state index is 12.5. The normalized spacial score (nSPS) is 11.3. The van der Waals surface area contributed by atoms with E-state index in [0.717, 1.165) is 0 Å². The molecule has 0 saturated carbocycles. The predicted octanol–water partition coefficient (Wildman–Crippen LogP) is 3.21. The minimum Gasteiger partial charge on any atom is -0.497 e. The number of halogens is 1. The largest absolute Gasteiger partial charge is 0.497 e. The smallest absolute Gasteiger partial charge is 0.182 e. The quantitative estimate of drug-likeness (QED) is 0.289. The third kappa shape index (κ3) is 4.49. The summed E-state index contributed by atoms with van der Waals surface area (Å²) in [5.41, 5.74) is 3.23. The molecular weight excluding hydrogens is 372 g/mol. The summed E-state index contributed by atoms with van der Waals surface area (Å²) in [5.74, 6) is 0.331. The van der Waals surface area contributed by atoms with Crippen LogP contribution in [-0.2, 0) is 6.42 Å². The van der Waals surface area contributed by atoms with Gasteiger partial charge in [-0.15, -0.1) is 0 Å². The van der Waals surface area contributed by atoms with Crippen molar-refractivity contribution in [1.29, 1.82) is 0 Å². The standard InChI is InChI=1S/C18H15ClN4O4/c1-26-14-7-2-4-11(8-14)16(24)10-15-17(23-27-22-15)18(21-25)20-13-6-3-5-12(19)9-13/h2-9,25H,10H2,1H3,(H,20,21). The Morgan fingerprint density at radius 3 is 2.81 bits per heavy atom. The van der Waals surface area contributed by atoms with Gasteiger partial charge >= 0.3 is 0 Å². The monoisotopic (exact) mass is 386 g/mol. The Balaban J connectivity index is 1.87. The lowest BCUT2D eigenvalue weighted by atomic mass is 10.1. The number of aromatic nitrogens is 2. The van der Waals surface area contributed by atoms with E-state index in [1.165, 1.54) is 7.11 Å². The van der Waals surface area contributed by atoms with Crippen molar-refractivity contribution in [2.45, 2.75) is 6.42 Å². The Morgan fingerprint density at radius 1 is 1.26 bits per heavy atom. The van der Waals surface area contributed by atoms with Crippen LogP contribution < -0.4 is 10.2 Å². The lowest BCUT2D eigenvalue weighted by Gasteiger charge is -2.05. The molecule has 0 aliphatic carbocycles. The topological polar surface area (TPSA) is 110 Å². The highest BCUT2D eigenvalue weighted by Crippen LogP contribution is 2.20. The minimum atomic E-state index is -0.217. The number of methoxy groups -OCH3 is 1. The van der Waals surface area contributed by atoms with Gasteiger partial charge in [0.05, 0.1) is 19.2 Å². The number of carbonyl (C=O) groups is 1. The summed E-state index contributed by atoms with van der Waals surface area (Å²) in [6.07, 6.45) is -0.0950. The van der Waals surface area contributed by atoms with Gasteiger partial charge in [-0.25, -0.2) is 9.62 Å². The van der Waals surface area contributed by atoms with Crippen LogP contribution in [0, 0.1) is 0 Å². The zero-order valence-electron chi connectivity index (χ0n) is 14.2. The van der Waals surface area contributed by atoms with E-state index in [1.807, 2.05) is 5.48 Å². The number of hydroxylamine groups is 1. The molecule has 3 rings (SSSR count). The fraction of sp³-hybridized carbons (Fsp3) is 0.111. The average molecular weight is 387 g/mol. The summed E-state index contributed by atoms with van der Waals surface area (Å²) in [7, 11) is 1.52. The lowest BCUT2D eigenvalue weighted by Crippen LogP contribution is -2.22. The Labute approximate surface area is 159 Å². The Morgan fingerprint density at radius 2 is 2.07 bits per heavy atom. The van der Waals surface area contributed by atoms with Crippen LogP contribution in [0.1, 0.15) is 21.7 Å². The minimum absolute atomic E-state index is 0.0213. The van der Waals surface area contributed by atoms with E-state index in [2.05, 4.69) is 15.3 Å². The predicted molar refractivity (Wildman–Crippen MR) is 97.9 cm³/mol. The van der Waals surface area contributed by atoms with E-state index in [0.29, 0.717) is 22.0 Å². The average Bonchev–Trinajstić information content (AvgIpc) is 3.14. The van der Waals surface area contributed by atoms with Gasteiger partial charge in [0, 0.05) is 10.6 Å².